The fourth-order valence-electron chi connectivity index (χ4n) is 5.77. The molecule has 36 heavy (non-hydrogen) atoms. The van der Waals surface area contributed by atoms with Crippen LogP contribution in [0.3, 0.4) is 0 Å². The van der Waals surface area contributed by atoms with Gasteiger partial charge in [-0.3, -0.25) is 24.0 Å². The normalized spacial score (nSPS) is 32.6. The van der Waals surface area contributed by atoms with E-state index in [4.69, 9.17) is 5.73 Å². The lowest BCUT2D eigenvalue weighted by Crippen LogP contribution is -2.72. The van der Waals surface area contributed by atoms with Crippen molar-refractivity contribution in [2.24, 2.45) is 29.4 Å². The van der Waals surface area contributed by atoms with Crippen LogP contribution in [0.25, 0.3) is 11.6 Å². The molecule has 6 atom stereocenters. The monoisotopic (exact) mass is 553 g/mol. The molecule has 0 bridgehead atoms. The Bertz CT molecular complexity index is 1400. The number of aliphatic hydroxyl groups excluding tert-OH is 1. The third-order valence-electron chi connectivity index (χ3n) is 7.43. The third-order valence-corrected chi connectivity index (χ3v) is 7.96. The van der Waals surface area contributed by atoms with Gasteiger partial charge in [0.2, 0.25) is 5.91 Å². The number of rotatable bonds is 2. The number of phenols is 1. The molecule has 0 spiro atoms. The van der Waals surface area contributed by atoms with E-state index in [9.17, 15) is 39.3 Å². The molecule has 2 fully saturated rings. The molecule has 5 rings (SSSR count). The number of halogens is 1. The van der Waals surface area contributed by atoms with Crippen LogP contribution < -0.4 is 5.73 Å². The molecule has 9 nitrogen and oxygen atoms in total. The minimum absolute atomic E-state index is 0.185. The summed E-state index contributed by atoms with van der Waals surface area (Å²) in [5.74, 6) is -12.8. The molecule has 6 unspecified atom stereocenters. The lowest BCUT2D eigenvalue weighted by Gasteiger charge is -2.51. The smallest absolute Gasteiger partial charge is 0.235 e. The van der Waals surface area contributed by atoms with Crippen LogP contribution in [0.1, 0.15) is 27.9 Å². The minimum atomic E-state index is -2.96. The van der Waals surface area contributed by atoms with Crippen LogP contribution in [-0.4, -0.2) is 56.1 Å². The van der Waals surface area contributed by atoms with Gasteiger partial charge in [-0.05, 0) is 34.9 Å². The molecule has 10 heteroatoms. The predicted octanol–water partition coefficient (Wildman–Crippen LogP) is 1.06. The summed E-state index contributed by atoms with van der Waals surface area (Å²) in [6.07, 6.45) is -0.687. The van der Waals surface area contributed by atoms with Crippen molar-refractivity contribution in [3.8, 4) is 5.75 Å². The van der Waals surface area contributed by atoms with Gasteiger partial charge in [-0.1, -0.05) is 46.3 Å². The van der Waals surface area contributed by atoms with E-state index < -0.39 is 76.6 Å². The van der Waals surface area contributed by atoms with E-state index in [0.29, 0.717) is 11.1 Å². The van der Waals surface area contributed by atoms with Crippen molar-refractivity contribution < 1.29 is 39.3 Å². The Labute approximate surface area is 212 Å². The largest absolute Gasteiger partial charge is 0.507 e. The van der Waals surface area contributed by atoms with Crippen molar-refractivity contribution in [2.45, 2.75) is 18.1 Å². The second kappa shape index (κ2) is 8.29. The molecule has 0 aromatic heterocycles. The third kappa shape index (κ3) is 3.25. The number of carbonyl (C=O) groups excluding carboxylic acids is 5. The SMILES string of the molecule is NC(=O)C1C(=O)CC2C(O)C3/C(=C/c4ccc(Br)cc4)c4cccc(O)c4C(=O)C3C(=O)C2(O)C1=O. The first-order chi connectivity index (χ1) is 17.0. The van der Waals surface area contributed by atoms with Crippen molar-refractivity contribution >= 4 is 56.6 Å². The number of amides is 1. The number of carbonyl (C=O) groups is 5. The number of phenolic OH excluding ortho intramolecular Hbond substituents is 1. The standard InChI is InChI=1S/C26H20BrNO8/c27-11-6-4-10(5-7-11)8-13-12-2-1-3-15(29)17(12)22(32)20-18(13)21(31)14-9-16(30)19(25(28)35)23(33)26(14,36)24(20)34/h1-8,14,18-21,29,31,36H,9H2,(H2,28,35)/b13-8+. The quantitative estimate of drug-likeness (QED) is 0.399. The molecule has 2 aromatic rings. The highest BCUT2D eigenvalue weighted by Crippen LogP contribution is 2.54. The molecule has 0 heterocycles. The van der Waals surface area contributed by atoms with Crippen LogP contribution in [0.2, 0.25) is 0 Å². The maximum absolute atomic E-state index is 13.7. The Morgan fingerprint density at radius 1 is 1.06 bits per heavy atom. The molecule has 2 aromatic carbocycles. The second-order valence-electron chi connectivity index (χ2n) is 9.32. The van der Waals surface area contributed by atoms with Crippen molar-refractivity contribution in [3.05, 3.63) is 63.6 Å². The van der Waals surface area contributed by atoms with Crippen molar-refractivity contribution in [2.75, 3.05) is 0 Å². The summed E-state index contributed by atoms with van der Waals surface area (Å²) >= 11 is 3.35. The van der Waals surface area contributed by atoms with E-state index in [2.05, 4.69) is 15.9 Å². The van der Waals surface area contributed by atoms with Gasteiger partial charge < -0.3 is 21.1 Å². The van der Waals surface area contributed by atoms with E-state index in [1.165, 1.54) is 12.1 Å². The zero-order chi connectivity index (χ0) is 26.1. The highest BCUT2D eigenvalue weighted by atomic mass is 79.9. The topological polar surface area (TPSA) is 172 Å². The van der Waals surface area contributed by atoms with E-state index in [1.54, 1.807) is 36.4 Å². The predicted molar refractivity (Wildman–Crippen MR) is 128 cm³/mol. The zero-order valence-electron chi connectivity index (χ0n) is 18.6. The van der Waals surface area contributed by atoms with Crippen LogP contribution in [0.15, 0.2) is 46.9 Å². The molecule has 3 aliphatic carbocycles. The zero-order valence-corrected chi connectivity index (χ0v) is 20.1. The number of hydrogen-bond acceptors (Lipinski definition) is 8. The Kier molecular flexibility index (Phi) is 5.58. The van der Waals surface area contributed by atoms with Crippen LogP contribution >= 0.6 is 15.9 Å². The highest BCUT2D eigenvalue weighted by molar-refractivity contribution is 9.10. The maximum atomic E-state index is 13.7. The first kappa shape index (κ1) is 24.2. The van der Waals surface area contributed by atoms with E-state index in [-0.39, 0.29) is 11.1 Å². The summed E-state index contributed by atoms with van der Waals surface area (Å²) in [6.45, 7) is 0. The van der Waals surface area contributed by atoms with Crippen molar-refractivity contribution in [3.63, 3.8) is 0 Å². The van der Waals surface area contributed by atoms with Gasteiger partial charge >= 0.3 is 0 Å². The van der Waals surface area contributed by atoms with Crippen molar-refractivity contribution in [1.82, 2.24) is 0 Å². The van der Waals surface area contributed by atoms with Gasteiger partial charge in [-0.25, -0.2) is 0 Å². The Morgan fingerprint density at radius 2 is 1.72 bits per heavy atom. The van der Waals surface area contributed by atoms with E-state index >= 15 is 0 Å². The highest BCUT2D eigenvalue weighted by Gasteiger charge is 2.69. The molecule has 0 radical (unpaired) electrons. The Balaban J connectivity index is 1.74. The average Bonchev–Trinajstić information content (AvgIpc) is 2.82. The summed E-state index contributed by atoms with van der Waals surface area (Å²) < 4.78 is 0.806. The lowest BCUT2D eigenvalue weighted by molar-refractivity contribution is -0.185. The van der Waals surface area contributed by atoms with Gasteiger partial charge in [0.25, 0.3) is 0 Å². The van der Waals surface area contributed by atoms with Crippen LogP contribution in [0.4, 0.5) is 0 Å². The number of aromatic hydroxyl groups is 1. The van der Waals surface area contributed by atoms with Gasteiger partial charge in [0.05, 0.1) is 17.6 Å². The molecule has 3 aliphatic rings. The summed E-state index contributed by atoms with van der Waals surface area (Å²) in [6, 6.07) is 11.4. The summed E-state index contributed by atoms with van der Waals surface area (Å²) in [5, 5.41) is 33.3. The minimum Gasteiger partial charge on any atom is -0.507 e. The lowest BCUT2D eigenvalue weighted by atomic mass is 9.51. The summed E-state index contributed by atoms with van der Waals surface area (Å²) in [7, 11) is 0. The molecule has 0 saturated heterocycles. The number of Topliss-reactive ketones (excluding diaryl/α,β-unsaturated/α-hetero) is 4. The van der Waals surface area contributed by atoms with Crippen LogP contribution in [-0.2, 0) is 19.2 Å². The number of ketones is 4. The molecule has 2 saturated carbocycles. The first-order valence-electron chi connectivity index (χ1n) is 11.1. The molecule has 5 N–H and O–H groups in total. The van der Waals surface area contributed by atoms with Gasteiger partial charge in [0.15, 0.2) is 34.7 Å². The fourth-order valence-corrected chi connectivity index (χ4v) is 6.04. The van der Waals surface area contributed by atoms with E-state index in [0.717, 1.165) is 4.47 Å². The number of fused-ring (bicyclic) bond motifs is 3. The van der Waals surface area contributed by atoms with Gasteiger partial charge in [0.1, 0.15) is 5.75 Å². The fraction of sp³-hybridized carbons (Fsp3) is 0.269. The maximum Gasteiger partial charge on any atom is 0.235 e. The second-order valence-corrected chi connectivity index (χ2v) is 10.2. The number of benzene rings is 2. The summed E-state index contributed by atoms with van der Waals surface area (Å²) in [4.78, 5) is 64.8. The average molecular weight is 554 g/mol. The Morgan fingerprint density at radius 3 is 2.36 bits per heavy atom. The summed E-state index contributed by atoms with van der Waals surface area (Å²) in [5.41, 5.74) is 3.31. The number of aliphatic hydroxyl groups is 2. The van der Waals surface area contributed by atoms with Gasteiger partial charge in [-0.2, -0.15) is 0 Å². The van der Waals surface area contributed by atoms with Crippen molar-refractivity contribution in [1.29, 1.82) is 0 Å². The molecular weight excluding hydrogens is 534 g/mol. The number of primary amides is 1. The molecule has 0 aliphatic heterocycles. The molecular formula is C26H20BrNO8. The van der Waals surface area contributed by atoms with Gasteiger partial charge in [-0.15, -0.1) is 0 Å². The number of hydrogen-bond donors (Lipinski definition) is 4. The molecule has 1 amide bonds. The first-order valence-corrected chi connectivity index (χ1v) is 11.9. The molecule has 184 valence electrons. The van der Waals surface area contributed by atoms with Crippen LogP contribution in [0, 0.1) is 23.7 Å². The van der Waals surface area contributed by atoms with Gasteiger partial charge in [0, 0.05) is 22.7 Å². The number of nitrogens with two attached hydrogens (primary N) is 1. The van der Waals surface area contributed by atoms with E-state index in [1.807, 2.05) is 0 Å². The van der Waals surface area contributed by atoms with Crippen LogP contribution in [0.5, 0.6) is 5.75 Å². The Hall–Kier alpha value is -3.47.